The second kappa shape index (κ2) is 7.17. The van der Waals surface area contributed by atoms with Gasteiger partial charge < -0.3 is 16.0 Å². The first-order valence-electron chi connectivity index (χ1n) is 8.80. The summed E-state index contributed by atoms with van der Waals surface area (Å²) in [6, 6.07) is -0.146. The summed E-state index contributed by atoms with van der Waals surface area (Å²) in [6.07, 6.45) is 6.61. The minimum absolute atomic E-state index is 0.0348. The maximum absolute atomic E-state index is 12.8. The van der Waals surface area contributed by atoms with Crippen LogP contribution in [-0.2, 0) is 14.4 Å². The molecule has 0 aromatic carbocycles. The third-order valence-corrected chi connectivity index (χ3v) is 6.49. The Hall–Kier alpha value is -1.50. The zero-order valence-corrected chi connectivity index (χ0v) is 14.8. The maximum atomic E-state index is 12.8. The molecule has 2 aliphatic heterocycles. The third-order valence-electron chi connectivity index (χ3n) is 5.39. The lowest BCUT2D eigenvalue weighted by molar-refractivity contribution is -0.141. The number of hydrogen-bond donors (Lipinski definition) is 3. The minimum Gasteiger partial charge on any atom is -0.355 e. The molecule has 1 aliphatic carbocycles. The molecule has 0 bridgehead atoms. The number of amides is 3. The molecule has 1 saturated heterocycles. The lowest BCUT2D eigenvalue weighted by Crippen LogP contribution is -2.54. The van der Waals surface area contributed by atoms with Crippen LogP contribution in [0.1, 0.15) is 45.4 Å². The van der Waals surface area contributed by atoms with Gasteiger partial charge in [0.2, 0.25) is 11.8 Å². The minimum atomic E-state index is -0.943. The van der Waals surface area contributed by atoms with Gasteiger partial charge in [0.05, 0.1) is 4.91 Å². The van der Waals surface area contributed by atoms with Crippen molar-refractivity contribution in [2.75, 3.05) is 12.3 Å². The fourth-order valence-corrected chi connectivity index (χ4v) is 4.70. The van der Waals surface area contributed by atoms with Crippen LogP contribution in [0.25, 0.3) is 0 Å². The summed E-state index contributed by atoms with van der Waals surface area (Å²) < 4.78 is 0. The molecule has 24 heavy (non-hydrogen) atoms. The van der Waals surface area contributed by atoms with Crippen molar-refractivity contribution in [2.45, 2.75) is 57.5 Å². The van der Waals surface area contributed by atoms with E-state index in [2.05, 4.69) is 16.0 Å². The predicted octanol–water partition coefficient (Wildman–Crippen LogP) is 1.08. The summed E-state index contributed by atoms with van der Waals surface area (Å²) >= 11 is 1.58. The van der Waals surface area contributed by atoms with E-state index in [4.69, 9.17) is 0 Å². The molecule has 6 nitrogen and oxygen atoms in total. The Balaban J connectivity index is 1.62. The van der Waals surface area contributed by atoms with Gasteiger partial charge in [0.25, 0.3) is 5.91 Å². The van der Waals surface area contributed by atoms with Crippen LogP contribution >= 0.6 is 11.8 Å². The molecule has 2 heterocycles. The average molecular weight is 351 g/mol. The van der Waals surface area contributed by atoms with Crippen LogP contribution in [0, 0.1) is 5.41 Å². The molecule has 3 amide bonds. The van der Waals surface area contributed by atoms with Crippen LogP contribution in [0.4, 0.5) is 0 Å². The monoisotopic (exact) mass is 351 g/mol. The number of carbonyl (C=O) groups excluding carboxylic acids is 3. The van der Waals surface area contributed by atoms with Gasteiger partial charge >= 0.3 is 0 Å². The topological polar surface area (TPSA) is 87.3 Å². The van der Waals surface area contributed by atoms with Crippen molar-refractivity contribution in [1.29, 1.82) is 0 Å². The fourth-order valence-electron chi connectivity index (χ4n) is 3.81. The molecule has 2 fully saturated rings. The van der Waals surface area contributed by atoms with E-state index in [0.29, 0.717) is 19.4 Å². The highest BCUT2D eigenvalue weighted by Crippen LogP contribution is 2.32. The Morgan fingerprint density at radius 1 is 1.33 bits per heavy atom. The molecule has 0 aromatic heterocycles. The van der Waals surface area contributed by atoms with Gasteiger partial charge in [0.1, 0.15) is 5.41 Å². The maximum Gasteiger partial charge on any atom is 0.257 e. The van der Waals surface area contributed by atoms with Crippen LogP contribution in [-0.4, -0.2) is 42.1 Å². The highest BCUT2D eigenvalue weighted by molar-refractivity contribution is 8.04. The van der Waals surface area contributed by atoms with Crippen LogP contribution in [0.2, 0.25) is 0 Å². The molecule has 0 aromatic rings. The van der Waals surface area contributed by atoms with E-state index >= 15 is 0 Å². The molecule has 1 unspecified atom stereocenters. The number of carbonyl (C=O) groups is 3. The number of nitrogens with one attached hydrogen (secondary N) is 3. The molecule has 3 aliphatic rings. The zero-order chi connectivity index (χ0) is 17.2. The first-order valence-corrected chi connectivity index (χ1v) is 9.78. The molecule has 0 radical (unpaired) electrons. The molecule has 3 rings (SSSR count). The first-order chi connectivity index (χ1) is 11.6. The van der Waals surface area contributed by atoms with E-state index in [1.54, 1.807) is 11.8 Å². The van der Waals surface area contributed by atoms with Gasteiger partial charge in [-0.3, -0.25) is 14.4 Å². The van der Waals surface area contributed by atoms with Crippen molar-refractivity contribution < 1.29 is 14.4 Å². The summed E-state index contributed by atoms with van der Waals surface area (Å²) in [5.74, 6) is 0.559. The van der Waals surface area contributed by atoms with E-state index in [0.717, 1.165) is 36.3 Å². The molecular weight excluding hydrogens is 326 g/mol. The van der Waals surface area contributed by atoms with Gasteiger partial charge in [0, 0.05) is 24.4 Å². The van der Waals surface area contributed by atoms with E-state index in [1.165, 1.54) is 0 Å². The molecular formula is C17H25N3O3S. The van der Waals surface area contributed by atoms with Crippen molar-refractivity contribution in [3.63, 3.8) is 0 Å². The average Bonchev–Trinajstić information content (AvgIpc) is 3.29. The Bertz CT molecular complexity index is 577. The van der Waals surface area contributed by atoms with Gasteiger partial charge in [-0.05, 0) is 38.5 Å². The van der Waals surface area contributed by atoms with Gasteiger partial charge in [0.15, 0.2) is 0 Å². The Kier molecular flexibility index (Phi) is 5.18. The van der Waals surface area contributed by atoms with E-state index in [1.807, 2.05) is 13.0 Å². The standard InChI is InChI=1S/C17H25N3O3S/c1-2-17(8-9-18-15(17)22)16(23)20-12-6-3-5-11(12)19-14(21)13-7-4-10-24-13/h7,11-12H,2-6,8-10H2,1H3,(H,18,22)(H,19,21)(H,20,23)/t11-,12+,17?/m1/s1. The van der Waals surface area contributed by atoms with Crippen molar-refractivity contribution in [3.8, 4) is 0 Å². The number of allylic oxidation sites excluding steroid dienone is 1. The largest absolute Gasteiger partial charge is 0.355 e. The van der Waals surface area contributed by atoms with E-state index in [9.17, 15) is 14.4 Å². The molecule has 1 saturated carbocycles. The van der Waals surface area contributed by atoms with E-state index in [-0.39, 0.29) is 29.8 Å². The lowest BCUT2D eigenvalue weighted by atomic mass is 9.82. The first kappa shape index (κ1) is 17.3. The molecule has 7 heteroatoms. The van der Waals surface area contributed by atoms with Gasteiger partial charge in [-0.25, -0.2) is 0 Å². The summed E-state index contributed by atoms with van der Waals surface area (Å²) in [7, 11) is 0. The van der Waals surface area contributed by atoms with Crippen LogP contribution < -0.4 is 16.0 Å². The predicted molar refractivity (Wildman–Crippen MR) is 93.2 cm³/mol. The smallest absolute Gasteiger partial charge is 0.257 e. The molecule has 3 N–H and O–H groups in total. The summed E-state index contributed by atoms with van der Waals surface area (Å²) in [5, 5.41) is 8.88. The normalized spacial score (nSPS) is 32.4. The second-order valence-electron chi connectivity index (χ2n) is 6.74. The Morgan fingerprint density at radius 3 is 2.67 bits per heavy atom. The molecule has 3 atom stereocenters. The SMILES string of the molecule is CCC1(C(=O)N[C@H]2CCC[C@H]2NC(=O)C2=CCCS2)CCNC1=O. The summed E-state index contributed by atoms with van der Waals surface area (Å²) in [5.41, 5.74) is -0.943. The highest BCUT2D eigenvalue weighted by Gasteiger charge is 2.48. The van der Waals surface area contributed by atoms with Crippen molar-refractivity contribution in [2.24, 2.45) is 5.41 Å². The van der Waals surface area contributed by atoms with Crippen LogP contribution in [0.15, 0.2) is 11.0 Å². The Morgan fingerprint density at radius 2 is 2.08 bits per heavy atom. The summed E-state index contributed by atoms with van der Waals surface area (Å²) in [4.78, 5) is 37.9. The quantitative estimate of drug-likeness (QED) is 0.647. The fraction of sp³-hybridized carbons (Fsp3) is 0.706. The zero-order valence-electron chi connectivity index (χ0n) is 14.0. The molecule has 132 valence electrons. The van der Waals surface area contributed by atoms with Gasteiger partial charge in [-0.15, -0.1) is 11.8 Å². The highest BCUT2D eigenvalue weighted by atomic mass is 32.2. The summed E-state index contributed by atoms with van der Waals surface area (Å²) in [6.45, 7) is 2.43. The van der Waals surface area contributed by atoms with Crippen molar-refractivity contribution in [1.82, 2.24) is 16.0 Å². The third kappa shape index (κ3) is 3.18. The lowest BCUT2D eigenvalue weighted by Gasteiger charge is -2.28. The van der Waals surface area contributed by atoms with Crippen LogP contribution in [0.5, 0.6) is 0 Å². The Labute approximate surface area is 146 Å². The van der Waals surface area contributed by atoms with Crippen molar-refractivity contribution in [3.05, 3.63) is 11.0 Å². The second-order valence-corrected chi connectivity index (χ2v) is 7.87. The molecule has 0 spiro atoms. The number of hydrogen-bond acceptors (Lipinski definition) is 4. The van der Waals surface area contributed by atoms with Gasteiger partial charge in [-0.1, -0.05) is 13.0 Å². The van der Waals surface area contributed by atoms with Crippen LogP contribution in [0.3, 0.4) is 0 Å². The number of rotatable bonds is 5. The van der Waals surface area contributed by atoms with E-state index < -0.39 is 5.41 Å². The van der Waals surface area contributed by atoms with Gasteiger partial charge in [-0.2, -0.15) is 0 Å². The van der Waals surface area contributed by atoms with Crippen molar-refractivity contribution >= 4 is 29.5 Å². The number of thioether (sulfide) groups is 1.